The predicted molar refractivity (Wildman–Crippen MR) is 89.8 cm³/mol. The van der Waals surface area contributed by atoms with Crippen LogP contribution in [0.25, 0.3) is 0 Å². The minimum atomic E-state index is -1.04. The predicted octanol–water partition coefficient (Wildman–Crippen LogP) is 3.08. The van der Waals surface area contributed by atoms with Crippen molar-refractivity contribution in [2.24, 2.45) is 0 Å². The molecule has 0 atom stereocenters. The maximum atomic E-state index is 13.1. The van der Waals surface area contributed by atoms with Crippen LogP contribution in [-0.4, -0.2) is 43.7 Å². The number of carbonyl (C=O) groups is 2. The summed E-state index contributed by atoms with van der Waals surface area (Å²) in [6.07, 6.45) is 13.0. The molecule has 6 heteroatoms. The Morgan fingerprint density at radius 2 is 1.58 bits per heavy atom. The number of aromatic nitrogens is 2. The molecule has 0 radical (unpaired) electrons. The minimum Gasteiger partial charge on any atom is -0.477 e. The molecule has 0 aliphatic heterocycles. The van der Waals surface area contributed by atoms with Crippen molar-refractivity contribution in [2.45, 2.75) is 82.8 Å². The number of amides is 1. The Balaban J connectivity index is 1.76. The van der Waals surface area contributed by atoms with E-state index in [1.165, 1.54) is 55.5 Å². The summed E-state index contributed by atoms with van der Waals surface area (Å²) in [4.78, 5) is 26.4. The van der Waals surface area contributed by atoms with Gasteiger partial charge in [0.25, 0.3) is 0 Å². The Labute approximate surface area is 142 Å². The van der Waals surface area contributed by atoms with Gasteiger partial charge in [-0.25, -0.2) is 9.48 Å². The fraction of sp³-hybridized carbons (Fsp3) is 0.722. The van der Waals surface area contributed by atoms with Crippen LogP contribution in [0, 0.1) is 0 Å². The van der Waals surface area contributed by atoms with Crippen LogP contribution in [0.15, 0.2) is 12.3 Å². The molecule has 132 valence electrons. The van der Waals surface area contributed by atoms with Crippen LogP contribution in [0.2, 0.25) is 0 Å². The van der Waals surface area contributed by atoms with Crippen LogP contribution < -0.4 is 0 Å². The van der Waals surface area contributed by atoms with Crippen molar-refractivity contribution < 1.29 is 14.7 Å². The molecule has 1 aromatic heterocycles. The summed E-state index contributed by atoms with van der Waals surface area (Å²) in [5, 5.41) is 13.3. The van der Waals surface area contributed by atoms with Crippen molar-refractivity contribution in [3.05, 3.63) is 18.0 Å². The zero-order chi connectivity index (χ0) is 16.9. The molecular formula is C18H27N3O3. The van der Waals surface area contributed by atoms with Gasteiger partial charge in [0.1, 0.15) is 12.2 Å². The van der Waals surface area contributed by atoms with Crippen LogP contribution in [0.4, 0.5) is 0 Å². The number of carboxylic acid groups (broad SMARTS) is 1. The lowest BCUT2D eigenvalue weighted by molar-refractivity contribution is -0.138. The van der Waals surface area contributed by atoms with E-state index in [1.807, 2.05) is 0 Å². The molecule has 6 nitrogen and oxygen atoms in total. The first kappa shape index (κ1) is 17.0. The quantitative estimate of drug-likeness (QED) is 0.898. The molecule has 1 amide bonds. The summed E-state index contributed by atoms with van der Waals surface area (Å²) >= 11 is 0. The van der Waals surface area contributed by atoms with E-state index in [0.29, 0.717) is 12.1 Å². The summed E-state index contributed by atoms with van der Waals surface area (Å²) in [6, 6.07) is 2.08. The van der Waals surface area contributed by atoms with Gasteiger partial charge in [0.2, 0.25) is 5.91 Å². The van der Waals surface area contributed by atoms with Crippen molar-refractivity contribution in [1.29, 1.82) is 0 Å². The largest absolute Gasteiger partial charge is 0.477 e. The molecule has 2 aliphatic carbocycles. The molecule has 2 saturated carbocycles. The molecule has 0 bridgehead atoms. The third-order valence-corrected chi connectivity index (χ3v) is 5.44. The van der Waals surface area contributed by atoms with E-state index in [4.69, 9.17) is 0 Å². The molecule has 2 fully saturated rings. The molecule has 0 aromatic carbocycles. The second-order valence-corrected chi connectivity index (χ2v) is 7.06. The van der Waals surface area contributed by atoms with Gasteiger partial charge in [-0.05, 0) is 31.7 Å². The molecule has 24 heavy (non-hydrogen) atoms. The first-order valence-corrected chi connectivity index (χ1v) is 9.23. The Hall–Kier alpha value is -1.85. The van der Waals surface area contributed by atoms with Gasteiger partial charge in [-0.15, -0.1) is 0 Å². The molecule has 1 heterocycles. The number of rotatable bonds is 5. The molecule has 1 N–H and O–H groups in total. The third kappa shape index (κ3) is 3.79. The Morgan fingerprint density at radius 1 is 1.04 bits per heavy atom. The fourth-order valence-corrected chi connectivity index (χ4v) is 4.27. The molecule has 0 spiro atoms. The van der Waals surface area contributed by atoms with Crippen LogP contribution in [0.1, 0.15) is 74.7 Å². The third-order valence-electron chi connectivity index (χ3n) is 5.44. The first-order valence-electron chi connectivity index (χ1n) is 9.23. The van der Waals surface area contributed by atoms with Crippen LogP contribution >= 0.6 is 0 Å². The van der Waals surface area contributed by atoms with Crippen molar-refractivity contribution in [2.75, 3.05) is 0 Å². The summed E-state index contributed by atoms with van der Waals surface area (Å²) in [6.45, 7) is 0.0294. The van der Waals surface area contributed by atoms with E-state index in [9.17, 15) is 14.7 Å². The lowest BCUT2D eigenvalue weighted by atomic mass is 9.88. The van der Waals surface area contributed by atoms with Gasteiger partial charge in [0, 0.05) is 18.3 Å². The maximum Gasteiger partial charge on any atom is 0.354 e. The van der Waals surface area contributed by atoms with E-state index in [2.05, 4.69) is 10.00 Å². The van der Waals surface area contributed by atoms with Crippen LogP contribution in [0.3, 0.4) is 0 Å². The van der Waals surface area contributed by atoms with Crippen molar-refractivity contribution in [3.8, 4) is 0 Å². The highest BCUT2D eigenvalue weighted by atomic mass is 16.4. The molecule has 3 rings (SSSR count). The molecule has 0 unspecified atom stereocenters. The van der Waals surface area contributed by atoms with Gasteiger partial charge >= 0.3 is 5.97 Å². The summed E-state index contributed by atoms with van der Waals surface area (Å²) in [5.41, 5.74) is 0.0792. The van der Waals surface area contributed by atoms with E-state index in [-0.39, 0.29) is 18.1 Å². The molecular weight excluding hydrogens is 306 g/mol. The summed E-state index contributed by atoms with van der Waals surface area (Å²) in [5.74, 6) is -1.01. The van der Waals surface area contributed by atoms with Gasteiger partial charge in [0.05, 0.1) is 0 Å². The van der Waals surface area contributed by atoms with E-state index >= 15 is 0 Å². The number of hydrogen-bond donors (Lipinski definition) is 1. The first-order chi connectivity index (χ1) is 11.7. The SMILES string of the molecule is O=C(O)c1ccnn1CC(=O)N(C1CCCCC1)C1CCCCC1. The second kappa shape index (κ2) is 7.81. The fourth-order valence-electron chi connectivity index (χ4n) is 4.27. The zero-order valence-electron chi connectivity index (χ0n) is 14.2. The lowest BCUT2D eigenvalue weighted by Gasteiger charge is -2.41. The van der Waals surface area contributed by atoms with Crippen molar-refractivity contribution in [1.82, 2.24) is 14.7 Å². The van der Waals surface area contributed by atoms with E-state index in [1.54, 1.807) is 0 Å². The highest BCUT2D eigenvalue weighted by Crippen LogP contribution is 2.30. The number of hydrogen-bond acceptors (Lipinski definition) is 3. The second-order valence-electron chi connectivity index (χ2n) is 7.06. The number of aromatic carboxylic acids is 1. The number of carboxylic acids is 1. The molecule has 0 saturated heterocycles. The summed E-state index contributed by atoms with van der Waals surface area (Å²) < 4.78 is 1.32. The number of nitrogens with zero attached hydrogens (tertiary/aromatic N) is 3. The van der Waals surface area contributed by atoms with Gasteiger partial charge in [0.15, 0.2) is 0 Å². The maximum absolute atomic E-state index is 13.1. The topological polar surface area (TPSA) is 75.4 Å². The monoisotopic (exact) mass is 333 g/mol. The molecule has 2 aliphatic rings. The van der Waals surface area contributed by atoms with Crippen molar-refractivity contribution in [3.63, 3.8) is 0 Å². The van der Waals surface area contributed by atoms with Gasteiger partial charge < -0.3 is 10.0 Å². The Morgan fingerprint density at radius 3 is 2.08 bits per heavy atom. The molecule has 1 aromatic rings. The van der Waals surface area contributed by atoms with Gasteiger partial charge in [-0.3, -0.25) is 4.79 Å². The standard InChI is InChI=1S/C18H27N3O3/c22-17(13-20-16(18(23)24)11-12-19-20)21(14-7-3-1-4-8-14)15-9-5-2-6-10-15/h11-12,14-15H,1-10,13H2,(H,23,24). The lowest BCUT2D eigenvalue weighted by Crippen LogP contribution is -2.50. The average Bonchev–Trinajstić information content (AvgIpc) is 3.05. The Kier molecular flexibility index (Phi) is 5.53. The highest BCUT2D eigenvalue weighted by Gasteiger charge is 2.32. The van der Waals surface area contributed by atoms with Gasteiger partial charge in [-0.2, -0.15) is 5.10 Å². The zero-order valence-corrected chi connectivity index (χ0v) is 14.2. The number of carbonyl (C=O) groups excluding carboxylic acids is 1. The van der Waals surface area contributed by atoms with Gasteiger partial charge in [-0.1, -0.05) is 38.5 Å². The van der Waals surface area contributed by atoms with E-state index < -0.39 is 5.97 Å². The minimum absolute atomic E-state index is 0.0278. The normalized spacial score (nSPS) is 20.0. The average molecular weight is 333 g/mol. The van der Waals surface area contributed by atoms with Crippen molar-refractivity contribution >= 4 is 11.9 Å². The highest BCUT2D eigenvalue weighted by molar-refractivity contribution is 5.86. The summed E-state index contributed by atoms with van der Waals surface area (Å²) in [7, 11) is 0. The van der Waals surface area contributed by atoms with Crippen LogP contribution in [-0.2, 0) is 11.3 Å². The smallest absolute Gasteiger partial charge is 0.354 e. The van der Waals surface area contributed by atoms with Crippen LogP contribution in [0.5, 0.6) is 0 Å². The Bertz CT molecular complexity index is 554. The van der Waals surface area contributed by atoms with E-state index in [0.717, 1.165) is 25.7 Å².